The molecule has 0 bridgehead atoms. The van der Waals surface area contributed by atoms with Gasteiger partial charge in [-0.3, -0.25) is 0 Å². The monoisotopic (exact) mass is 979 g/mol. The quantitative estimate of drug-likeness (QED) is 0.128. The molecule has 0 N–H and O–H groups in total. The van der Waals surface area contributed by atoms with Crippen molar-refractivity contribution in [3.05, 3.63) is 192 Å². The maximum absolute atomic E-state index is 7.38. The first-order valence-corrected chi connectivity index (χ1v) is 28.2. The summed E-state index contributed by atoms with van der Waals surface area (Å²) in [6.07, 6.45) is 12.7. The Morgan fingerprint density at radius 3 is 1.32 bits per heavy atom. The van der Waals surface area contributed by atoms with Crippen molar-refractivity contribution in [3.8, 4) is 0 Å². The Balaban J connectivity index is 1.05. The third kappa shape index (κ3) is 7.37. The van der Waals surface area contributed by atoms with E-state index in [2.05, 4.69) is 208 Å². The summed E-state index contributed by atoms with van der Waals surface area (Å²) in [6.45, 7) is 11.7. The van der Waals surface area contributed by atoms with Crippen LogP contribution in [0, 0.1) is 6.92 Å². The number of nitrogens with zero attached hydrogens (tertiary/aromatic N) is 2. The van der Waals surface area contributed by atoms with Crippen LogP contribution in [0.15, 0.2) is 173 Å². The molecule has 2 aliphatic rings. The Kier molecular flexibility index (Phi) is 11.3. The van der Waals surface area contributed by atoms with Crippen LogP contribution in [-0.2, 0) is 0 Å². The lowest BCUT2D eigenvalue weighted by molar-refractivity contribution is 0.442. The number of hydrogen-bond acceptors (Lipinski definition) is 4. The molecule has 2 fully saturated rings. The van der Waals surface area contributed by atoms with Crippen LogP contribution in [0.25, 0.3) is 76.2 Å². The fourth-order valence-corrected chi connectivity index (χ4v) is 14.0. The van der Waals surface area contributed by atoms with Gasteiger partial charge >= 0.3 is 0 Å². The molecule has 14 rings (SSSR count). The van der Waals surface area contributed by atoms with E-state index in [1.807, 2.05) is 0 Å². The molecular formula is C71H66N2O2. The van der Waals surface area contributed by atoms with E-state index in [0.29, 0.717) is 11.8 Å². The van der Waals surface area contributed by atoms with Crippen LogP contribution in [-0.4, -0.2) is 0 Å². The Bertz CT molecular complexity index is 4110. The first-order chi connectivity index (χ1) is 36.8. The third-order valence-corrected chi connectivity index (χ3v) is 17.6. The van der Waals surface area contributed by atoms with Crippen molar-refractivity contribution in [2.75, 3.05) is 9.80 Å². The Hall–Kier alpha value is -7.56. The molecule has 10 aromatic carbocycles. The minimum Gasteiger partial charge on any atom is -0.454 e. The average molecular weight is 979 g/mol. The fraction of sp³-hybridized carbons (Fsp3) is 0.268. The number of rotatable bonds is 10. The lowest BCUT2D eigenvalue weighted by Gasteiger charge is -2.32. The van der Waals surface area contributed by atoms with Gasteiger partial charge in [-0.05, 0) is 148 Å². The molecule has 12 aromatic rings. The van der Waals surface area contributed by atoms with Gasteiger partial charge in [0.15, 0.2) is 11.2 Å². The van der Waals surface area contributed by atoms with Crippen molar-refractivity contribution in [2.45, 2.75) is 122 Å². The zero-order chi connectivity index (χ0) is 50.5. The normalized spacial score (nSPS) is 15.1. The van der Waals surface area contributed by atoms with E-state index in [9.17, 15) is 0 Å². The molecule has 372 valence electrons. The second-order valence-electron chi connectivity index (χ2n) is 22.8. The van der Waals surface area contributed by atoms with E-state index < -0.39 is 0 Å². The highest BCUT2D eigenvalue weighted by molar-refractivity contribution is 6.30. The summed E-state index contributed by atoms with van der Waals surface area (Å²) in [5.41, 5.74) is 17.2. The smallest absolute Gasteiger partial charge is 0.159 e. The Morgan fingerprint density at radius 2 is 0.800 bits per heavy atom. The molecular weight excluding hydrogens is 913 g/mol. The van der Waals surface area contributed by atoms with Crippen LogP contribution in [0.1, 0.15) is 143 Å². The molecule has 4 nitrogen and oxygen atoms in total. The van der Waals surface area contributed by atoms with Gasteiger partial charge in [-0.2, -0.15) is 0 Å². The van der Waals surface area contributed by atoms with Crippen molar-refractivity contribution in [1.82, 2.24) is 0 Å². The van der Waals surface area contributed by atoms with Gasteiger partial charge in [0.05, 0.1) is 22.7 Å². The summed E-state index contributed by atoms with van der Waals surface area (Å²) < 4.78 is 14.7. The highest BCUT2D eigenvalue weighted by Crippen LogP contribution is 2.54. The predicted octanol–water partition coefficient (Wildman–Crippen LogP) is 22.0. The van der Waals surface area contributed by atoms with Gasteiger partial charge in [0.1, 0.15) is 11.2 Å². The van der Waals surface area contributed by atoms with Crippen LogP contribution in [0.5, 0.6) is 0 Å². The van der Waals surface area contributed by atoms with Crippen LogP contribution >= 0.6 is 0 Å². The van der Waals surface area contributed by atoms with E-state index >= 15 is 0 Å². The zero-order valence-electron chi connectivity index (χ0n) is 44.2. The van der Waals surface area contributed by atoms with E-state index in [-0.39, 0.29) is 11.8 Å². The zero-order valence-corrected chi connectivity index (χ0v) is 44.2. The minimum atomic E-state index is 0.251. The van der Waals surface area contributed by atoms with Crippen LogP contribution in [0.3, 0.4) is 0 Å². The van der Waals surface area contributed by atoms with Gasteiger partial charge in [-0.25, -0.2) is 0 Å². The second kappa shape index (κ2) is 18.4. The second-order valence-corrected chi connectivity index (χ2v) is 22.8. The molecule has 0 aliphatic heterocycles. The molecule has 75 heavy (non-hydrogen) atoms. The lowest BCUT2D eigenvalue weighted by Crippen LogP contribution is -2.14. The van der Waals surface area contributed by atoms with E-state index in [4.69, 9.17) is 8.83 Å². The summed E-state index contributed by atoms with van der Waals surface area (Å²) in [5.74, 6) is 1.55. The van der Waals surface area contributed by atoms with E-state index in [0.717, 1.165) is 61.8 Å². The Labute approximate surface area is 440 Å². The van der Waals surface area contributed by atoms with Crippen LogP contribution < -0.4 is 9.80 Å². The highest BCUT2D eigenvalue weighted by atomic mass is 16.3. The SMILES string of the molecule is Cc1ccc2c(oc3c(C4CCCCC4)cccc32)c1N(c1ccccc1)c1cc(C(C)C)c2ccc3c(N(c4ccccc4)c4cccc5c4oc4c(C6CCCCC6)cccc45)cc(C(C)C)c4ccc1c2c43. The van der Waals surface area contributed by atoms with Crippen LogP contribution in [0.2, 0.25) is 0 Å². The summed E-state index contributed by atoms with van der Waals surface area (Å²) >= 11 is 0. The number of fused-ring (bicyclic) bond motifs is 6. The average Bonchev–Trinajstić information content (AvgIpc) is 4.08. The minimum absolute atomic E-state index is 0.251. The molecule has 0 radical (unpaired) electrons. The van der Waals surface area contributed by atoms with Crippen molar-refractivity contribution in [2.24, 2.45) is 0 Å². The number of para-hydroxylation sites is 5. The van der Waals surface area contributed by atoms with Crippen molar-refractivity contribution < 1.29 is 8.83 Å². The molecule has 2 aliphatic carbocycles. The molecule has 0 spiro atoms. The summed E-state index contributed by atoms with van der Waals surface area (Å²) in [6, 6.07) is 61.8. The largest absolute Gasteiger partial charge is 0.454 e. The third-order valence-electron chi connectivity index (χ3n) is 17.6. The van der Waals surface area contributed by atoms with Crippen LogP contribution in [0.4, 0.5) is 34.1 Å². The standard InChI is InChI=1S/C71H66N2O2/c1-43(2)60-41-63(72(48-25-14-8-15-26-48)62-34-20-33-56-54-31-18-29-50(68(54)74-70(56)62)46-21-10-6-11-22-46)58-39-37-53-61(44(3)4)42-64(59-40-38-52(60)65(58)66(53)59)73(49-27-16-9-17-28-49)67-45(5)35-36-57-55-32-19-30-51(69(55)75-71(57)67)47-23-12-7-13-24-47/h8-9,14-20,25-44,46-47H,6-7,10-13,21-24H2,1-5H3. The van der Waals surface area contributed by atoms with Crippen molar-refractivity contribution in [3.63, 3.8) is 0 Å². The van der Waals surface area contributed by atoms with Gasteiger partial charge in [0, 0.05) is 43.7 Å². The van der Waals surface area contributed by atoms with Gasteiger partial charge in [-0.15, -0.1) is 0 Å². The lowest BCUT2D eigenvalue weighted by atomic mass is 9.83. The molecule has 2 aromatic heterocycles. The maximum atomic E-state index is 7.38. The van der Waals surface area contributed by atoms with E-state index in [1.54, 1.807) is 0 Å². The summed E-state index contributed by atoms with van der Waals surface area (Å²) in [5, 5.41) is 12.4. The number of anilines is 6. The van der Waals surface area contributed by atoms with E-state index in [1.165, 1.54) is 141 Å². The topological polar surface area (TPSA) is 32.8 Å². The first kappa shape index (κ1) is 46.0. The summed E-state index contributed by atoms with van der Waals surface area (Å²) in [4.78, 5) is 5.03. The highest BCUT2D eigenvalue weighted by Gasteiger charge is 2.31. The van der Waals surface area contributed by atoms with Gasteiger partial charge in [0.2, 0.25) is 0 Å². The van der Waals surface area contributed by atoms with Crippen molar-refractivity contribution >= 4 is 110 Å². The number of benzene rings is 10. The molecule has 4 heteroatoms. The maximum Gasteiger partial charge on any atom is 0.159 e. The number of furan rings is 2. The summed E-state index contributed by atoms with van der Waals surface area (Å²) in [7, 11) is 0. The predicted molar refractivity (Wildman–Crippen MR) is 319 cm³/mol. The molecule has 2 saturated carbocycles. The number of hydrogen-bond donors (Lipinski definition) is 0. The van der Waals surface area contributed by atoms with Gasteiger partial charge < -0.3 is 18.6 Å². The molecule has 2 heterocycles. The van der Waals surface area contributed by atoms with Crippen molar-refractivity contribution in [1.29, 1.82) is 0 Å². The number of aryl methyl sites for hydroxylation is 1. The first-order valence-electron chi connectivity index (χ1n) is 28.2. The molecule has 0 unspecified atom stereocenters. The molecule has 0 atom stereocenters. The molecule has 0 saturated heterocycles. The van der Waals surface area contributed by atoms with Gasteiger partial charge in [0.25, 0.3) is 0 Å². The fourth-order valence-electron chi connectivity index (χ4n) is 14.0. The Morgan fingerprint density at radius 1 is 0.373 bits per heavy atom. The van der Waals surface area contributed by atoms with Gasteiger partial charge in [-0.1, -0.05) is 188 Å². The molecule has 0 amide bonds.